The monoisotopic (exact) mass is 489 g/mol. The van der Waals surface area contributed by atoms with Crippen LogP contribution in [-0.2, 0) is 9.59 Å². The molecule has 1 amide bonds. The van der Waals surface area contributed by atoms with E-state index in [9.17, 15) is 19.1 Å². The fraction of sp³-hybridized carbons (Fsp3) is 0.241. The third kappa shape index (κ3) is 4.56. The Morgan fingerprint density at radius 1 is 1.06 bits per heavy atom. The number of ketones is 1. The van der Waals surface area contributed by atoms with E-state index in [1.165, 1.54) is 30.2 Å². The number of carbonyl (C=O) groups excluding carboxylic acids is 2. The number of benzene rings is 3. The Morgan fingerprint density at radius 3 is 2.39 bits per heavy atom. The van der Waals surface area contributed by atoms with E-state index in [-0.39, 0.29) is 22.9 Å². The minimum Gasteiger partial charge on any atom is -0.507 e. The van der Waals surface area contributed by atoms with Crippen molar-refractivity contribution in [1.29, 1.82) is 0 Å². The molecule has 1 fully saturated rings. The molecule has 3 aromatic rings. The molecule has 1 aliphatic rings. The van der Waals surface area contributed by atoms with E-state index in [1.807, 2.05) is 20.8 Å². The summed E-state index contributed by atoms with van der Waals surface area (Å²) in [6.45, 7) is 6.38. The van der Waals surface area contributed by atoms with Crippen LogP contribution in [0.25, 0.3) is 5.76 Å². The van der Waals surface area contributed by atoms with Gasteiger partial charge in [0.2, 0.25) is 0 Å². The van der Waals surface area contributed by atoms with Crippen LogP contribution in [0, 0.1) is 5.82 Å². The highest BCUT2D eigenvalue weighted by atomic mass is 19.1. The first-order valence-electron chi connectivity index (χ1n) is 11.7. The van der Waals surface area contributed by atoms with E-state index < -0.39 is 23.5 Å². The maximum Gasteiger partial charge on any atom is 0.300 e. The summed E-state index contributed by atoms with van der Waals surface area (Å²) in [4.78, 5) is 27.8. The Morgan fingerprint density at radius 2 is 1.78 bits per heavy atom. The van der Waals surface area contributed by atoms with Crippen LogP contribution in [0.3, 0.4) is 0 Å². The van der Waals surface area contributed by atoms with E-state index in [4.69, 9.17) is 9.47 Å². The number of amides is 1. The Bertz CT molecular complexity index is 1330. The van der Waals surface area contributed by atoms with E-state index in [2.05, 4.69) is 0 Å². The minimum atomic E-state index is -0.966. The molecule has 1 aliphatic heterocycles. The summed E-state index contributed by atoms with van der Waals surface area (Å²) in [5.41, 5.74) is 1.95. The van der Waals surface area contributed by atoms with Crippen LogP contribution in [-0.4, -0.2) is 30.5 Å². The van der Waals surface area contributed by atoms with Crippen molar-refractivity contribution in [2.75, 3.05) is 18.6 Å². The first-order valence-corrected chi connectivity index (χ1v) is 11.7. The van der Waals surface area contributed by atoms with Crippen LogP contribution in [0.1, 0.15) is 49.4 Å². The fourth-order valence-corrected chi connectivity index (χ4v) is 4.42. The molecule has 0 aromatic heterocycles. The molecule has 186 valence electrons. The van der Waals surface area contributed by atoms with E-state index >= 15 is 0 Å². The lowest BCUT2D eigenvalue weighted by Crippen LogP contribution is -2.29. The number of aliphatic hydroxyl groups is 1. The third-order valence-corrected chi connectivity index (χ3v) is 6.17. The van der Waals surface area contributed by atoms with Gasteiger partial charge in [0.05, 0.1) is 25.3 Å². The third-order valence-electron chi connectivity index (χ3n) is 6.17. The van der Waals surface area contributed by atoms with Crippen molar-refractivity contribution in [3.63, 3.8) is 0 Å². The molecule has 0 saturated carbocycles. The number of methoxy groups -OCH3 is 1. The first kappa shape index (κ1) is 25.0. The number of aliphatic hydroxyl groups excluding tert-OH is 1. The van der Waals surface area contributed by atoms with Gasteiger partial charge in [0.1, 0.15) is 23.1 Å². The smallest absolute Gasteiger partial charge is 0.300 e. The van der Waals surface area contributed by atoms with Gasteiger partial charge in [0.25, 0.3) is 11.7 Å². The molecule has 0 radical (unpaired) electrons. The molecule has 1 saturated heterocycles. The van der Waals surface area contributed by atoms with Gasteiger partial charge in [-0.3, -0.25) is 14.5 Å². The topological polar surface area (TPSA) is 76.1 Å². The number of rotatable bonds is 7. The van der Waals surface area contributed by atoms with E-state index in [0.29, 0.717) is 29.2 Å². The Labute approximate surface area is 209 Å². The molecule has 6 nitrogen and oxygen atoms in total. The van der Waals surface area contributed by atoms with Crippen LogP contribution in [0.2, 0.25) is 0 Å². The van der Waals surface area contributed by atoms with Gasteiger partial charge in [0.15, 0.2) is 0 Å². The molecule has 0 aliphatic carbocycles. The molecular weight excluding hydrogens is 461 g/mol. The van der Waals surface area contributed by atoms with Gasteiger partial charge in [-0.2, -0.15) is 0 Å². The van der Waals surface area contributed by atoms with Crippen molar-refractivity contribution in [3.8, 4) is 11.5 Å². The zero-order valence-electron chi connectivity index (χ0n) is 20.6. The average molecular weight is 490 g/mol. The number of anilines is 1. The van der Waals surface area contributed by atoms with E-state index in [0.717, 1.165) is 5.56 Å². The van der Waals surface area contributed by atoms with Gasteiger partial charge >= 0.3 is 0 Å². The Kier molecular flexibility index (Phi) is 7.10. The maximum atomic E-state index is 14.1. The Balaban J connectivity index is 1.93. The molecular formula is C29H28FNO5. The standard InChI is InChI=1S/C29H28FNO5/c1-5-36-24-14-11-19(15-23(24)17(2)3)27(32)25-26(18-9-12-22(35-4)13-10-18)31(29(34)28(25)33)21-8-6-7-20(30)16-21/h6-17,26,32H,5H2,1-4H3/b27-25-. The maximum absolute atomic E-state index is 14.1. The highest BCUT2D eigenvalue weighted by molar-refractivity contribution is 6.51. The van der Waals surface area contributed by atoms with Crippen molar-refractivity contribution < 1.29 is 28.6 Å². The number of hydrogen-bond acceptors (Lipinski definition) is 5. The molecule has 1 N–H and O–H groups in total. The van der Waals surface area contributed by atoms with Crippen molar-refractivity contribution in [2.45, 2.75) is 32.7 Å². The predicted octanol–water partition coefficient (Wildman–Crippen LogP) is 5.98. The molecule has 0 spiro atoms. The van der Waals surface area contributed by atoms with Crippen molar-refractivity contribution in [3.05, 3.63) is 94.8 Å². The van der Waals surface area contributed by atoms with Crippen LogP contribution >= 0.6 is 0 Å². The van der Waals surface area contributed by atoms with Crippen LogP contribution < -0.4 is 14.4 Å². The van der Waals surface area contributed by atoms with Gasteiger partial charge in [0, 0.05) is 11.3 Å². The number of halogens is 1. The number of hydrogen-bond donors (Lipinski definition) is 1. The predicted molar refractivity (Wildman–Crippen MR) is 136 cm³/mol. The summed E-state index contributed by atoms with van der Waals surface area (Å²) in [5.74, 6) is -1.18. The van der Waals surface area contributed by atoms with Crippen LogP contribution in [0.4, 0.5) is 10.1 Å². The summed E-state index contributed by atoms with van der Waals surface area (Å²) in [6.07, 6.45) is 0. The summed E-state index contributed by atoms with van der Waals surface area (Å²) >= 11 is 0. The molecule has 1 atom stereocenters. The van der Waals surface area contributed by atoms with Crippen molar-refractivity contribution in [2.24, 2.45) is 0 Å². The second-order valence-corrected chi connectivity index (χ2v) is 8.76. The quantitative estimate of drug-likeness (QED) is 0.251. The minimum absolute atomic E-state index is 0.0757. The Hall–Kier alpha value is -4.13. The zero-order chi connectivity index (χ0) is 26.0. The van der Waals surface area contributed by atoms with Gasteiger partial charge in [-0.1, -0.05) is 32.0 Å². The molecule has 1 heterocycles. The van der Waals surface area contributed by atoms with E-state index in [1.54, 1.807) is 48.5 Å². The fourth-order valence-electron chi connectivity index (χ4n) is 4.42. The molecule has 36 heavy (non-hydrogen) atoms. The first-order chi connectivity index (χ1) is 17.3. The SMILES string of the molecule is CCOc1ccc(/C(O)=C2/C(=O)C(=O)N(c3cccc(F)c3)C2c2ccc(OC)cc2)cc1C(C)C. The number of ether oxygens (including phenoxy) is 2. The molecule has 3 aromatic carbocycles. The highest BCUT2D eigenvalue weighted by Crippen LogP contribution is 2.43. The number of carbonyl (C=O) groups is 2. The molecule has 1 unspecified atom stereocenters. The van der Waals surface area contributed by atoms with Gasteiger partial charge in [-0.25, -0.2) is 4.39 Å². The zero-order valence-corrected chi connectivity index (χ0v) is 20.6. The van der Waals surface area contributed by atoms with Crippen LogP contribution in [0.5, 0.6) is 11.5 Å². The lowest BCUT2D eigenvalue weighted by atomic mass is 9.93. The van der Waals surface area contributed by atoms with Gasteiger partial charge in [-0.05, 0) is 72.5 Å². The van der Waals surface area contributed by atoms with Gasteiger partial charge < -0.3 is 14.6 Å². The van der Waals surface area contributed by atoms with Crippen molar-refractivity contribution >= 4 is 23.1 Å². The lowest BCUT2D eigenvalue weighted by molar-refractivity contribution is -0.132. The summed E-state index contributed by atoms with van der Waals surface area (Å²) in [5, 5.41) is 11.4. The van der Waals surface area contributed by atoms with Crippen molar-refractivity contribution in [1.82, 2.24) is 0 Å². The lowest BCUT2D eigenvalue weighted by Gasteiger charge is -2.25. The number of Topliss-reactive ketones (excluding diaryl/α,β-unsaturated/α-hetero) is 1. The highest BCUT2D eigenvalue weighted by Gasteiger charge is 2.47. The van der Waals surface area contributed by atoms with Crippen LogP contribution in [0.15, 0.2) is 72.3 Å². The molecule has 0 bridgehead atoms. The largest absolute Gasteiger partial charge is 0.507 e. The molecule has 7 heteroatoms. The summed E-state index contributed by atoms with van der Waals surface area (Å²) in [7, 11) is 1.53. The average Bonchev–Trinajstić information content (AvgIpc) is 3.14. The normalized spacial score (nSPS) is 17.1. The second kappa shape index (κ2) is 10.2. The molecule has 4 rings (SSSR count). The van der Waals surface area contributed by atoms with Gasteiger partial charge in [-0.15, -0.1) is 0 Å². The summed E-state index contributed by atoms with van der Waals surface area (Å²) < 4.78 is 25.1. The number of nitrogens with zero attached hydrogens (tertiary/aromatic N) is 1. The second-order valence-electron chi connectivity index (χ2n) is 8.76. The summed E-state index contributed by atoms with van der Waals surface area (Å²) in [6, 6.07) is 16.5.